The quantitative estimate of drug-likeness (QED) is 0.0644. The van der Waals surface area contributed by atoms with E-state index in [-0.39, 0.29) is 3.67 Å². The van der Waals surface area contributed by atoms with Crippen LogP contribution in [0, 0.1) is 10.1 Å². The Hall–Kier alpha value is -2.93. The Morgan fingerprint density at radius 2 is 0.533 bits per heavy atom. The van der Waals surface area contributed by atoms with Crippen LogP contribution in [-0.2, 0) is 8.73 Å². The normalized spacial score (nSPS) is 14.5. The first kappa shape index (κ1) is 32.0. The summed E-state index contributed by atoms with van der Waals surface area (Å²) < 4.78 is -0.384. The van der Waals surface area contributed by atoms with E-state index in [1.807, 2.05) is 182 Å². The summed E-state index contributed by atoms with van der Waals surface area (Å²) in [5.74, 6) is 0. The van der Waals surface area contributed by atoms with Crippen LogP contribution in [0.2, 0.25) is 0 Å². The van der Waals surface area contributed by atoms with E-state index in [4.69, 9.17) is 29.1 Å². The van der Waals surface area contributed by atoms with Crippen molar-refractivity contribution in [3.63, 3.8) is 0 Å². The second-order valence-corrected chi connectivity index (χ2v) is 64.3. The molecule has 0 aliphatic carbocycles. The van der Waals surface area contributed by atoms with Crippen molar-refractivity contribution in [1.29, 1.82) is 0 Å². The van der Waals surface area contributed by atoms with Gasteiger partial charge in [0.2, 0.25) is 0 Å². The van der Waals surface area contributed by atoms with Gasteiger partial charge in [0.05, 0.1) is 0 Å². The van der Waals surface area contributed by atoms with Gasteiger partial charge in [-0.3, -0.25) is 0 Å². The van der Waals surface area contributed by atoms with E-state index in [9.17, 15) is 10.1 Å². The Balaban J connectivity index is 2.04. The number of nitrogens with zero attached hydrogens (tertiary/aromatic N) is 1. The average molecular weight is 780 g/mol. The van der Waals surface area contributed by atoms with E-state index in [1.165, 1.54) is 0 Å². The number of benzene rings is 6. The molecule has 0 radical (unpaired) electrons. The SMILES string of the molecule is O=[N+]([O-])[Ru]([Cl])([Cl])([Cl])([PH](c1ccccc1)(c1ccccc1)c1ccccc1)[PH](c1ccccc1)(c1ccccc1)c1ccccc1. The summed E-state index contributed by atoms with van der Waals surface area (Å²) in [5, 5.41) is 19.0. The maximum absolute atomic E-state index is 15.0. The van der Waals surface area contributed by atoms with Gasteiger partial charge in [-0.05, 0) is 0 Å². The van der Waals surface area contributed by atoms with Crippen LogP contribution in [0.15, 0.2) is 182 Å². The molecule has 6 aromatic rings. The molecule has 232 valence electrons. The number of rotatable bonds is 9. The van der Waals surface area contributed by atoms with E-state index in [1.54, 1.807) is 0 Å². The molecule has 6 aromatic carbocycles. The van der Waals surface area contributed by atoms with E-state index < -0.39 is 19.9 Å². The van der Waals surface area contributed by atoms with Gasteiger partial charge >= 0.3 is 277 Å². The van der Waals surface area contributed by atoms with Crippen LogP contribution >= 0.6 is 40.3 Å². The fraction of sp³-hybridized carbons (Fsp3) is 0. The average Bonchev–Trinajstić information content (AvgIpc) is 3.08. The van der Waals surface area contributed by atoms with Crippen LogP contribution in [0.25, 0.3) is 0 Å². The molecule has 3 nitrogen and oxygen atoms in total. The molecule has 0 aliphatic heterocycles. The van der Waals surface area contributed by atoms with E-state index in [2.05, 4.69) is 0 Å². The molecule has 0 saturated heterocycles. The molecule has 0 spiro atoms. The van der Waals surface area contributed by atoms with Gasteiger partial charge in [-0.1, -0.05) is 0 Å². The molecule has 0 aliphatic rings. The second kappa shape index (κ2) is 11.7. The topological polar surface area (TPSA) is 43.1 Å². The molecule has 0 fully saturated rings. The van der Waals surface area contributed by atoms with Gasteiger partial charge < -0.3 is 0 Å². The molecular weight excluding hydrogens is 748 g/mol. The zero-order valence-corrected chi connectivity index (χ0v) is 30.1. The van der Waals surface area contributed by atoms with Crippen molar-refractivity contribution in [2.45, 2.75) is 0 Å². The van der Waals surface area contributed by atoms with E-state index >= 15 is 0 Å². The van der Waals surface area contributed by atoms with Crippen molar-refractivity contribution in [1.82, 2.24) is 0 Å². The van der Waals surface area contributed by atoms with Crippen molar-refractivity contribution in [3.05, 3.63) is 192 Å². The summed E-state index contributed by atoms with van der Waals surface area (Å²) in [7, 11) is 18.1. The van der Waals surface area contributed by atoms with Crippen molar-refractivity contribution < 1.29 is 12.4 Å². The predicted molar refractivity (Wildman–Crippen MR) is 198 cm³/mol. The summed E-state index contributed by atoms with van der Waals surface area (Å²) in [6.07, 6.45) is 0. The Morgan fingerprint density at radius 1 is 0.378 bits per heavy atom. The van der Waals surface area contributed by atoms with Crippen molar-refractivity contribution in [2.75, 3.05) is 0 Å². The Morgan fingerprint density at radius 3 is 0.667 bits per heavy atom. The van der Waals surface area contributed by atoms with Gasteiger partial charge in [0.25, 0.3) is 0 Å². The summed E-state index contributed by atoms with van der Waals surface area (Å²) in [4.78, 5) is 15.0. The van der Waals surface area contributed by atoms with Gasteiger partial charge in [-0.2, -0.15) is 0 Å². The maximum atomic E-state index is 15.0. The van der Waals surface area contributed by atoms with Crippen LogP contribution in [0.4, 0.5) is 0 Å². The zero-order chi connectivity index (χ0) is 31.7. The van der Waals surface area contributed by atoms with Gasteiger partial charge in [0, 0.05) is 0 Å². The van der Waals surface area contributed by atoms with Crippen LogP contribution < -0.4 is 31.8 Å². The second-order valence-electron chi connectivity index (χ2n) is 10.7. The molecule has 9 heteroatoms. The van der Waals surface area contributed by atoms with Gasteiger partial charge in [0.15, 0.2) is 0 Å². The van der Waals surface area contributed by atoms with Gasteiger partial charge in [-0.15, -0.1) is 0 Å². The molecule has 0 bridgehead atoms. The molecule has 45 heavy (non-hydrogen) atoms. The summed E-state index contributed by atoms with van der Waals surface area (Å²) in [6, 6.07) is 57.0. The third-order valence-electron chi connectivity index (χ3n) is 8.37. The first-order chi connectivity index (χ1) is 21.7. The molecule has 6 rings (SSSR count). The molecule has 0 amide bonds. The van der Waals surface area contributed by atoms with Crippen molar-refractivity contribution in [2.24, 2.45) is 0 Å². The van der Waals surface area contributed by atoms with Gasteiger partial charge in [-0.25, -0.2) is 0 Å². The predicted octanol–water partition coefficient (Wildman–Crippen LogP) is 8.15. The van der Waals surface area contributed by atoms with Crippen LogP contribution in [-0.4, -0.2) is 3.67 Å². The molecule has 0 saturated carbocycles. The molecular formula is C36H32Cl3NO2P2Ru. The first-order valence-corrected chi connectivity index (χ1v) is 30.7. The van der Waals surface area contributed by atoms with E-state index in [0.717, 1.165) is 0 Å². The standard InChI is InChI=1S/2C18H15P.3ClH.NO2.Ru/c2*1-4-10-16(11-5-1)19(17-12-6-2-7-13-17)18-14-8-3-9-15-18;;;;2-1-3;/h2*1-15H;3*1H;;/q;;;;;;+1/p-1. The minimum atomic E-state index is -7.57. The van der Waals surface area contributed by atoms with Crippen LogP contribution in [0.5, 0.6) is 0 Å². The number of nitro groups is 1. The summed E-state index contributed by atoms with van der Waals surface area (Å²) in [5.41, 5.74) is -8.68. The molecule has 0 N–H and O–H groups in total. The summed E-state index contributed by atoms with van der Waals surface area (Å²) in [6.45, 7) is 0. The van der Waals surface area contributed by atoms with E-state index in [0.29, 0.717) is 31.8 Å². The van der Waals surface area contributed by atoms with Crippen molar-refractivity contribution >= 4 is 72.1 Å². The molecule has 0 unspecified atom stereocenters. The fourth-order valence-corrected chi connectivity index (χ4v) is 88.2. The monoisotopic (exact) mass is 779 g/mol. The van der Waals surface area contributed by atoms with Gasteiger partial charge in [0.1, 0.15) is 0 Å². The Labute approximate surface area is 274 Å². The Kier molecular flexibility index (Phi) is 8.33. The third kappa shape index (κ3) is 4.28. The number of hydrogen-bond donors (Lipinski definition) is 0. The zero-order valence-electron chi connectivity index (χ0n) is 24.1. The Bertz CT molecular complexity index is 1620. The van der Waals surface area contributed by atoms with Crippen LogP contribution in [0.3, 0.4) is 0 Å². The molecule has 0 aromatic heterocycles. The number of hydrogen-bond acceptors (Lipinski definition) is 2. The first-order valence-electron chi connectivity index (χ1n) is 14.2. The molecule has 0 atom stereocenters. The molecule has 0 heterocycles. The third-order valence-corrected chi connectivity index (χ3v) is 77.9. The number of halogens is 3. The van der Waals surface area contributed by atoms with Crippen LogP contribution in [0.1, 0.15) is 0 Å². The fourth-order valence-electron chi connectivity index (χ4n) is 6.65. The minimum absolute atomic E-state index is 0.384. The van der Waals surface area contributed by atoms with Crippen molar-refractivity contribution in [3.8, 4) is 0 Å². The summed E-state index contributed by atoms with van der Waals surface area (Å²) >= 11 is 0.